The summed E-state index contributed by atoms with van der Waals surface area (Å²) in [5, 5.41) is 0.756. The van der Waals surface area contributed by atoms with Crippen LogP contribution < -0.4 is 5.73 Å². The normalized spacial score (nSPS) is 12.4. The zero-order valence-electron chi connectivity index (χ0n) is 10.0. The molecule has 2 N–H and O–H groups in total. The van der Waals surface area contributed by atoms with E-state index in [1.165, 1.54) is 0 Å². The summed E-state index contributed by atoms with van der Waals surface area (Å²) in [4.78, 5) is 4.32. The van der Waals surface area contributed by atoms with Gasteiger partial charge in [-0.15, -0.1) is 0 Å². The second-order valence-corrected chi connectivity index (χ2v) is 5.61. The van der Waals surface area contributed by atoms with Crippen molar-refractivity contribution < 1.29 is 0 Å². The Bertz CT molecular complexity index is 540. The van der Waals surface area contributed by atoms with Crippen molar-refractivity contribution in [1.82, 2.24) is 4.98 Å². The Morgan fingerprint density at radius 3 is 2.72 bits per heavy atom. The first-order chi connectivity index (χ1) is 8.56. The van der Waals surface area contributed by atoms with E-state index in [1.807, 2.05) is 37.3 Å². The molecule has 0 radical (unpaired) electrons. The van der Waals surface area contributed by atoms with Crippen molar-refractivity contribution in [3.8, 4) is 0 Å². The topological polar surface area (TPSA) is 38.9 Å². The molecule has 0 aliphatic rings. The molecule has 2 nitrogen and oxygen atoms in total. The number of pyridine rings is 1. The van der Waals surface area contributed by atoms with Gasteiger partial charge < -0.3 is 5.73 Å². The van der Waals surface area contributed by atoms with E-state index in [9.17, 15) is 0 Å². The molecule has 0 fully saturated rings. The van der Waals surface area contributed by atoms with Crippen LogP contribution in [0.3, 0.4) is 0 Å². The van der Waals surface area contributed by atoms with Gasteiger partial charge in [-0.2, -0.15) is 0 Å². The molecule has 0 bridgehead atoms. The summed E-state index contributed by atoms with van der Waals surface area (Å²) in [7, 11) is 0. The van der Waals surface area contributed by atoms with Gasteiger partial charge in [-0.1, -0.05) is 23.7 Å². The summed E-state index contributed by atoms with van der Waals surface area (Å²) in [6.45, 7) is 1.98. The van der Waals surface area contributed by atoms with E-state index in [2.05, 4.69) is 20.9 Å². The summed E-state index contributed by atoms with van der Waals surface area (Å²) >= 11 is 9.47. The number of aryl methyl sites for hydroxylation is 1. The Balaban J connectivity index is 2.13. The first-order valence-corrected chi connectivity index (χ1v) is 6.85. The molecule has 1 unspecified atom stereocenters. The standard InChI is InChI=1S/C14H14BrClN2/c1-9-2-3-10(6-13(9)16)14(17)7-12-5-4-11(15)8-18-12/h2-6,8,14H,7,17H2,1H3. The molecule has 0 saturated heterocycles. The zero-order chi connectivity index (χ0) is 13.1. The van der Waals surface area contributed by atoms with Gasteiger partial charge in [0, 0.05) is 33.8 Å². The first kappa shape index (κ1) is 13.5. The van der Waals surface area contributed by atoms with Crippen LogP contribution in [0.5, 0.6) is 0 Å². The van der Waals surface area contributed by atoms with Crippen LogP contribution in [0.15, 0.2) is 41.0 Å². The van der Waals surface area contributed by atoms with Gasteiger partial charge in [0.05, 0.1) is 0 Å². The molecule has 2 aromatic rings. The van der Waals surface area contributed by atoms with Crippen LogP contribution in [0.4, 0.5) is 0 Å². The van der Waals surface area contributed by atoms with Crippen molar-refractivity contribution in [2.75, 3.05) is 0 Å². The van der Waals surface area contributed by atoms with Crippen LogP contribution in [-0.2, 0) is 6.42 Å². The third-order valence-corrected chi connectivity index (χ3v) is 3.72. The van der Waals surface area contributed by atoms with Crippen LogP contribution in [0, 0.1) is 6.92 Å². The monoisotopic (exact) mass is 324 g/mol. The highest BCUT2D eigenvalue weighted by atomic mass is 79.9. The van der Waals surface area contributed by atoms with Crippen LogP contribution in [-0.4, -0.2) is 4.98 Å². The van der Waals surface area contributed by atoms with Gasteiger partial charge in [0.1, 0.15) is 0 Å². The van der Waals surface area contributed by atoms with Gasteiger partial charge in [0.25, 0.3) is 0 Å². The van der Waals surface area contributed by atoms with Crippen molar-refractivity contribution in [2.45, 2.75) is 19.4 Å². The molecule has 1 aromatic carbocycles. The fourth-order valence-corrected chi connectivity index (χ4v) is 2.13. The lowest BCUT2D eigenvalue weighted by Crippen LogP contribution is -2.14. The second-order valence-electron chi connectivity index (χ2n) is 4.29. The number of aromatic nitrogens is 1. The molecule has 0 amide bonds. The number of halogens is 2. The Kier molecular flexibility index (Phi) is 4.38. The summed E-state index contributed by atoms with van der Waals surface area (Å²) in [6, 6.07) is 9.80. The van der Waals surface area contributed by atoms with Crippen LogP contribution in [0.1, 0.15) is 22.9 Å². The molecule has 1 aromatic heterocycles. The Morgan fingerprint density at radius 2 is 2.11 bits per heavy atom. The van der Waals surface area contributed by atoms with E-state index >= 15 is 0 Å². The molecular formula is C14H14BrClN2. The van der Waals surface area contributed by atoms with Crippen LogP contribution >= 0.6 is 27.5 Å². The van der Waals surface area contributed by atoms with Crippen molar-refractivity contribution in [3.05, 3.63) is 62.8 Å². The highest BCUT2D eigenvalue weighted by Crippen LogP contribution is 2.22. The molecule has 4 heteroatoms. The fourth-order valence-electron chi connectivity index (χ4n) is 1.71. The minimum Gasteiger partial charge on any atom is -0.324 e. The highest BCUT2D eigenvalue weighted by molar-refractivity contribution is 9.10. The number of nitrogens with two attached hydrogens (primary N) is 1. The highest BCUT2D eigenvalue weighted by Gasteiger charge is 2.09. The van der Waals surface area contributed by atoms with Crippen molar-refractivity contribution in [3.63, 3.8) is 0 Å². The van der Waals surface area contributed by atoms with E-state index < -0.39 is 0 Å². The number of nitrogens with zero attached hydrogens (tertiary/aromatic N) is 1. The molecule has 0 aliphatic heterocycles. The number of rotatable bonds is 3. The maximum Gasteiger partial charge on any atom is 0.0438 e. The van der Waals surface area contributed by atoms with Crippen molar-refractivity contribution >= 4 is 27.5 Å². The lowest BCUT2D eigenvalue weighted by molar-refractivity contribution is 0.706. The molecule has 18 heavy (non-hydrogen) atoms. The number of hydrogen-bond acceptors (Lipinski definition) is 2. The number of benzene rings is 1. The first-order valence-electron chi connectivity index (χ1n) is 5.68. The van der Waals surface area contributed by atoms with Crippen LogP contribution in [0.2, 0.25) is 5.02 Å². The lowest BCUT2D eigenvalue weighted by Gasteiger charge is -2.12. The minimum absolute atomic E-state index is 0.0863. The molecule has 0 spiro atoms. The largest absolute Gasteiger partial charge is 0.324 e. The summed E-state index contributed by atoms with van der Waals surface area (Å²) in [5.74, 6) is 0. The molecule has 1 heterocycles. The zero-order valence-corrected chi connectivity index (χ0v) is 12.4. The van der Waals surface area contributed by atoms with Crippen LogP contribution in [0.25, 0.3) is 0 Å². The Morgan fingerprint density at radius 1 is 1.33 bits per heavy atom. The van der Waals surface area contributed by atoms with Gasteiger partial charge in [-0.05, 0) is 52.2 Å². The average molecular weight is 326 g/mol. The smallest absolute Gasteiger partial charge is 0.0438 e. The van der Waals surface area contributed by atoms with Gasteiger partial charge in [-0.25, -0.2) is 0 Å². The predicted molar refractivity (Wildman–Crippen MR) is 78.8 cm³/mol. The van der Waals surface area contributed by atoms with E-state index in [1.54, 1.807) is 6.20 Å². The summed E-state index contributed by atoms with van der Waals surface area (Å²) < 4.78 is 0.971. The maximum atomic E-state index is 6.17. The van der Waals surface area contributed by atoms with Gasteiger partial charge in [0.15, 0.2) is 0 Å². The molecular weight excluding hydrogens is 312 g/mol. The Labute approximate surface area is 120 Å². The van der Waals surface area contributed by atoms with Crippen molar-refractivity contribution in [1.29, 1.82) is 0 Å². The fraction of sp³-hybridized carbons (Fsp3) is 0.214. The number of hydrogen-bond donors (Lipinski definition) is 1. The van der Waals surface area contributed by atoms with E-state index in [4.69, 9.17) is 17.3 Å². The maximum absolute atomic E-state index is 6.17. The quantitative estimate of drug-likeness (QED) is 0.924. The molecule has 1 atom stereocenters. The van der Waals surface area contributed by atoms with E-state index in [-0.39, 0.29) is 6.04 Å². The molecule has 0 aliphatic carbocycles. The summed E-state index contributed by atoms with van der Waals surface area (Å²) in [5.41, 5.74) is 9.25. The van der Waals surface area contributed by atoms with E-state index in [0.717, 1.165) is 26.3 Å². The molecule has 0 saturated carbocycles. The Hall–Kier alpha value is -0.900. The third kappa shape index (κ3) is 3.31. The lowest BCUT2D eigenvalue weighted by atomic mass is 10.0. The van der Waals surface area contributed by atoms with Gasteiger partial charge in [0.2, 0.25) is 0 Å². The SMILES string of the molecule is Cc1ccc(C(N)Cc2ccc(Br)cn2)cc1Cl. The van der Waals surface area contributed by atoms with Gasteiger partial charge >= 0.3 is 0 Å². The minimum atomic E-state index is -0.0863. The third-order valence-electron chi connectivity index (χ3n) is 2.84. The van der Waals surface area contributed by atoms with Crippen molar-refractivity contribution in [2.24, 2.45) is 5.73 Å². The average Bonchev–Trinajstić information content (AvgIpc) is 2.35. The second kappa shape index (κ2) is 5.83. The molecule has 2 rings (SSSR count). The van der Waals surface area contributed by atoms with E-state index in [0.29, 0.717) is 6.42 Å². The van der Waals surface area contributed by atoms with Gasteiger partial charge in [-0.3, -0.25) is 4.98 Å². The summed E-state index contributed by atoms with van der Waals surface area (Å²) in [6.07, 6.45) is 2.48. The molecule has 94 valence electrons. The predicted octanol–water partition coefficient (Wildman–Crippen LogP) is 4.05.